The third-order valence-electron chi connectivity index (χ3n) is 3.98. The van der Waals surface area contributed by atoms with Crippen molar-refractivity contribution < 1.29 is 4.74 Å². The molecule has 0 unspecified atom stereocenters. The van der Waals surface area contributed by atoms with Crippen LogP contribution in [0.4, 0.5) is 0 Å². The third-order valence-corrected chi connectivity index (χ3v) is 6.15. The zero-order chi connectivity index (χ0) is 21.0. The maximum atomic E-state index is 9.57. The Morgan fingerprint density at radius 3 is 2.17 bits per heavy atom. The summed E-state index contributed by atoms with van der Waals surface area (Å²) >= 11 is 25.0. The fourth-order valence-electron chi connectivity index (χ4n) is 2.55. The lowest BCUT2D eigenvalue weighted by molar-refractivity contribution is 0.302. The van der Waals surface area contributed by atoms with Gasteiger partial charge < -0.3 is 4.74 Å². The van der Waals surface area contributed by atoms with E-state index in [0.717, 1.165) is 20.1 Å². The molecule has 0 N–H and O–H groups in total. The van der Waals surface area contributed by atoms with E-state index < -0.39 is 0 Å². The SMILES string of the molecule is N#C/C(=C/c1cc(Br)c(OCc2ccc(Cl)cc2)c(Br)c1)c1ccc(Cl)c(Cl)c1. The molecular weight excluding hydrogens is 560 g/mol. The molecule has 3 rings (SSSR count). The molecule has 0 amide bonds. The van der Waals surface area contributed by atoms with Crippen molar-refractivity contribution in [2.75, 3.05) is 0 Å². The lowest BCUT2D eigenvalue weighted by Gasteiger charge is -2.12. The Morgan fingerprint density at radius 2 is 1.59 bits per heavy atom. The Morgan fingerprint density at radius 1 is 0.931 bits per heavy atom. The van der Waals surface area contributed by atoms with Crippen LogP contribution < -0.4 is 4.74 Å². The monoisotopic (exact) mass is 569 g/mol. The normalized spacial score (nSPS) is 11.2. The number of nitrogens with zero attached hydrogens (tertiary/aromatic N) is 1. The largest absolute Gasteiger partial charge is 0.487 e. The molecule has 0 radical (unpaired) electrons. The van der Waals surface area contributed by atoms with Crippen molar-refractivity contribution in [3.8, 4) is 11.8 Å². The van der Waals surface area contributed by atoms with Gasteiger partial charge in [-0.25, -0.2) is 0 Å². The Labute approximate surface area is 200 Å². The molecule has 0 saturated heterocycles. The Hall–Kier alpha value is -1.48. The van der Waals surface area contributed by atoms with Gasteiger partial charge in [-0.15, -0.1) is 0 Å². The zero-order valence-corrected chi connectivity index (χ0v) is 20.2. The van der Waals surface area contributed by atoms with Crippen molar-refractivity contribution in [3.63, 3.8) is 0 Å². The van der Waals surface area contributed by atoms with Crippen LogP contribution in [-0.2, 0) is 6.61 Å². The van der Waals surface area contributed by atoms with Crippen LogP contribution in [0.2, 0.25) is 15.1 Å². The van der Waals surface area contributed by atoms with Crippen LogP contribution in [0.3, 0.4) is 0 Å². The minimum Gasteiger partial charge on any atom is -0.487 e. The third kappa shape index (κ3) is 5.78. The summed E-state index contributed by atoms with van der Waals surface area (Å²) in [5.41, 5.74) is 2.99. The van der Waals surface area contributed by atoms with Gasteiger partial charge in [0, 0.05) is 5.02 Å². The van der Waals surface area contributed by atoms with E-state index in [-0.39, 0.29) is 0 Å². The van der Waals surface area contributed by atoms with Crippen molar-refractivity contribution >= 4 is 78.3 Å². The maximum absolute atomic E-state index is 9.57. The van der Waals surface area contributed by atoms with E-state index in [9.17, 15) is 5.26 Å². The molecule has 7 heteroatoms. The molecule has 0 aliphatic carbocycles. The maximum Gasteiger partial charge on any atom is 0.148 e. The Kier molecular flexibility index (Phi) is 7.67. The lowest BCUT2D eigenvalue weighted by atomic mass is 10.0. The average Bonchev–Trinajstić information content (AvgIpc) is 2.69. The van der Waals surface area contributed by atoms with E-state index in [1.807, 2.05) is 36.4 Å². The number of benzene rings is 3. The number of nitriles is 1. The second-order valence-corrected chi connectivity index (χ2v) is 8.99. The van der Waals surface area contributed by atoms with E-state index in [0.29, 0.717) is 38.6 Å². The quantitative estimate of drug-likeness (QED) is 0.226. The summed E-state index contributed by atoms with van der Waals surface area (Å²) < 4.78 is 7.46. The van der Waals surface area contributed by atoms with Crippen molar-refractivity contribution in [2.45, 2.75) is 6.61 Å². The number of halogens is 5. The molecule has 0 saturated carbocycles. The highest BCUT2D eigenvalue weighted by atomic mass is 79.9. The summed E-state index contributed by atoms with van der Waals surface area (Å²) in [6.45, 7) is 0.399. The van der Waals surface area contributed by atoms with Gasteiger partial charge in [-0.2, -0.15) is 5.26 Å². The highest BCUT2D eigenvalue weighted by Gasteiger charge is 2.11. The van der Waals surface area contributed by atoms with Crippen molar-refractivity contribution in [1.29, 1.82) is 5.26 Å². The van der Waals surface area contributed by atoms with Gasteiger partial charge >= 0.3 is 0 Å². The first-order valence-corrected chi connectivity index (χ1v) is 11.0. The number of hydrogen-bond donors (Lipinski definition) is 0. The van der Waals surface area contributed by atoms with E-state index in [1.54, 1.807) is 24.3 Å². The highest BCUT2D eigenvalue weighted by molar-refractivity contribution is 9.11. The molecule has 0 bridgehead atoms. The summed E-state index contributed by atoms with van der Waals surface area (Å²) in [5.74, 6) is 0.671. The van der Waals surface area contributed by atoms with Gasteiger partial charge in [0.1, 0.15) is 12.4 Å². The van der Waals surface area contributed by atoms with Crippen LogP contribution in [-0.4, -0.2) is 0 Å². The molecule has 0 aromatic heterocycles. The molecule has 0 fully saturated rings. The molecule has 2 nitrogen and oxygen atoms in total. The first kappa shape index (κ1) is 22.2. The van der Waals surface area contributed by atoms with Gasteiger partial charge in [-0.1, -0.05) is 53.0 Å². The average molecular weight is 573 g/mol. The van der Waals surface area contributed by atoms with E-state index >= 15 is 0 Å². The van der Waals surface area contributed by atoms with Gasteiger partial charge in [0.15, 0.2) is 0 Å². The standard InChI is InChI=1S/C22H12Br2Cl3NO/c23-18-8-14(7-16(11-28)15-3-6-20(26)21(27)10-15)9-19(24)22(18)29-12-13-1-4-17(25)5-2-13/h1-10H,12H2/b16-7-. The molecule has 0 heterocycles. The molecule has 3 aromatic rings. The second-order valence-electron chi connectivity index (χ2n) is 6.03. The van der Waals surface area contributed by atoms with Crippen LogP contribution in [0.1, 0.15) is 16.7 Å². The molecular formula is C22H12Br2Cl3NO. The van der Waals surface area contributed by atoms with Crippen LogP contribution in [0.5, 0.6) is 5.75 Å². The summed E-state index contributed by atoms with van der Waals surface area (Å²) in [6, 6.07) is 18.6. The Bertz CT molecular complexity index is 1100. The molecule has 29 heavy (non-hydrogen) atoms. The topological polar surface area (TPSA) is 33.0 Å². The smallest absolute Gasteiger partial charge is 0.148 e. The van der Waals surface area contributed by atoms with E-state index in [4.69, 9.17) is 39.5 Å². The first-order valence-electron chi connectivity index (χ1n) is 8.31. The fourth-order valence-corrected chi connectivity index (χ4v) is 4.42. The lowest BCUT2D eigenvalue weighted by Crippen LogP contribution is -1.97. The van der Waals surface area contributed by atoms with E-state index in [2.05, 4.69) is 37.9 Å². The molecule has 0 aliphatic rings. The van der Waals surface area contributed by atoms with Gasteiger partial charge in [0.2, 0.25) is 0 Å². The number of rotatable bonds is 5. The van der Waals surface area contributed by atoms with Gasteiger partial charge in [-0.3, -0.25) is 0 Å². The second kappa shape index (κ2) is 10.0. The molecule has 3 aromatic carbocycles. The van der Waals surface area contributed by atoms with Gasteiger partial charge in [0.05, 0.1) is 30.6 Å². The van der Waals surface area contributed by atoms with Crippen LogP contribution in [0.25, 0.3) is 11.6 Å². The van der Waals surface area contributed by atoms with E-state index in [1.165, 1.54) is 0 Å². The Balaban J connectivity index is 1.85. The molecule has 0 spiro atoms. The number of hydrogen-bond acceptors (Lipinski definition) is 2. The van der Waals surface area contributed by atoms with Crippen LogP contribution in [0, 0.1) is 11.3 Å². The zero-order valence-electron chi connectivity index (χ0n) is 14.7. The predicted molar refractivity (Wildman–Crippen MR) is 128 cm³/mol. The summed E-state index contributed by atoms with van der Waals surface area (Å²) in [6.07, 6.45) is 1.78. The van der Waals surface area contributed by atoms with Crippen molar-refractivity contribution in [3.05, 3.63) is 95.3 Å². The molecule has 0 atom stereocenters. The highest BCUT2D eigenvalue weighted by Crippen LogP contribution is 2.36. The minimum absolute atomic E-state index is 0.399. The summed E-state index contributed by atoms with van der Waals surface area (Å²) in [7, 11) is 0. The number of ether oxygens (including phenoxy) is 1. The fraction of sp³-hybridized carbons (Fsp3) is 0.0455. The number of allylic oxidation sites excluding steroid dienone is 1. The molecule has 146 valence electrons. The van der Waals surface area contributed by atoms with Gasteiger partial charge in [0.25, 0.3) is 0 Å². The first-order chi connectivity index (χ1) is 13.9. The minimum atomic E-state index is 0.399. The summed E-state index contributed by atoms with van der Waals surface area (Å²) in [5, 5.41) is 11.1. The van der Waals surface area contributed by atoms with Gasteiger partial charge in [-0.05, 0) is 91.0 Å². The predicted octanol–water partition coefficient (Wildman–Crippen LogP) is 8.81. The van der Waals surface area contributed by atoms with Crippen LogP contribution in [0.15, 0.2) is 63.5 Å². The molecule has 0 aliphatic heterocycles. The van der Waals surface area contributed by atoms with Crippen molar-refractivity contribution in [2.24, 2.45) is 0 Å². The summed E-state index contributed by atoms with van der Waals surface area (Å²) in [4.78, 5) is 0. The van der Waals surface area contributed by atoms with Crippen LogP contribution >= 0.6 is 66.7 Å². The van der Waals surface area contributed by atoms with Crippen molar-refractivity contribution in [1.82, 2.24) is 0 Å².